The van der Waals surface area contributed by atoms with Gasteiger partial charge in [-0.25, -0.2) is 4.79 Å². The monoisotopic (exact) mass is 243 g/mol. The van der Waals surface area contributed by atoms with E-state index in [2.05, 4.69) is 10.2 Å². The van der Waals surface area contributed by atoms with Crippen molar-refractivity contribution in [1.29, 1.82) is 0 Å². The molecule has 18 heavy (non-hydrogen) atoms. The molecule has 0 bridgehead atoms. The van der Waals surface area contributed by atoms with Crippen LogP contribution in [0.5, 0.6) is 0 Å². The van der Waals surface area contributed by atoms with E-state index in [0.717, 1.165) is 0 Å². The topological polar surface area (TPSA) is 56.5 Å². The molecule has 0 aliphatic carbocycles. The molecule has 92 valence electrons. The third-order valence-corrected chi connectivity index (χ3v) is 2.28. The van der Waals surface area contributed by atoms with Crippen molar-refractivity contribution in [3.8, 4) is 0 Å². The summed E-state index contributed by atoms with van der Waals surface area (Å²) in [7, 11) is 0. The molecule has 0 aliphatic heterocycles. The maximum absolute atomic E-state index is 11.7. The van der Waals surface area contributed by atoms with Gasteiger partial charge in [-0.05, 0) is 25.1 Å². The molecule has 0 atom stereocenters. The van der Waals surface area contributed by atoms with Crippen LogP contribution >= 0.6 is 0 Å². The molecule has 2 rings (SSSR count). The van der Waals surface area contributed by atoms with Gasteiger partial charge in [0, 0.05) is 6.20 Å². The van der Waals surface area contributed by atoms with Gasteiger partial charge in [0.25, 0.3) is 0 Å². The number of esters is 1. The number of pyridine rings is 1. The van der Waals surface area contributed by atoms with Gasteiger partial charge in [-0.15, -0.1) is 10.2 Å². The SMILES string of the molecule is C/C=C/C=C/COC(=O)c1ccc2nncn2c1. The molecular weight excluding hydrogens is 230 g/mol. The molecule has 0 N–H and O–H groups in total. The van der Waals surface area contributed by atoms with Crippen molar-refractivity contribution < 1.29 is 9.53 Å². The highest BCUT2D eigenvalue weighted by molar-refractivity contribution is 5.89. The van der Waals surface area contributed by atoms with E-state index in [1.54, 1.807) is 28.8 Å². The molecule has 0 aromatic carbocycles. The summed E-state index contributed by atoms with van der Waals surface area (Å²) >= 11 is 0. The van der Waals surface area contributed by atoms with Crippen LogP contribution < -0.4 is 0 Å². The fourth-order valence-corrected chi connectivity index (χ4v) is 1.40. The number of ether oxygens (including phenoxy) is 1. The lowest BCUT2D eigenvalue weighted by Crippen LogP contribution is -2.06. The van der Waals surface area contributed by atoms with Crippen LogP contribution in [-0.2, 0) is 4.74 Å². The van der Waals surface area contributed by atoms with E-state index in [1.807, 2.05) is 25.2 Å². The van der Waals surface area contributed by atoms with Crippen LogP contribution in [0.4, 0.5) is 0 Å². The standard InChI is InChI=1S/C13H13N3O2/c1-2-3-4-5-8-18-13(17)11-6-7-12-15-14-10-16(12)9-11/h2-7,9-10H,8H2,1H3/b3-2+,5-4+. The first-order valence-corrected chi connectivity index (χ1v) is 5.55. The number of aromatic nitrogens is 3. The summed E-state index contributed by atoms with van der Waals surface area (Å²) in [6.45, 7) is 2.17. The first-order chi connectivity index (χ1) is 8.81. The van der Waals surface area contributed by atoms with E-state index in [0.29, 0.717) is 11.2 Å². The molecular formula is C13H13N3O2. The van der Waals surface area contributed by atoms with E-state index in [4.69, 9.17) is 4.74 Å². The molecule has 2 aromatic heterocycles. The van der Waals surface area contributed by atoms with Gasteiger partial charge in [0.05, 0.1) is 5.56 Å². The fourth-order valence-electron chi connectivity index (χ4n) is 1.40. The number of rotatable bonds is 4. The van der Waals surface area contributed by atoms with Crippen LogP contribution in [0.25, 0.3) is 5.65 Å². The summed E-state index contributed by atoms with van der Waals surface area (Å²) in [6.07, 6.45) is 10.6. The van der Waals surface area contributed by atoms with E-state index in [9.17, 15) is 4.79 Å². The van der Waals surface area contributed by atoms with Crippen LogP contribution in [0.1, 0.15) is 17.3 Å². The Morgan fingerprint density at radius 1 is 1.44 bits per heavy atom. The van der Waals surface area contributed by atoms with Crippen LogP contribution in [0.2, 0.25) is 0 Å². The number of hydrogen-bond acceptors (Lipinski definition) is 4. The van der Waals surface area contributed by atoms with Gasteiger partial charge in [0.1, 0.15) is 12.9 Å². The number of hydrogen-bond donors (Lipinski definition) is 0. The van der Waals surface area contributed by atoms with Crippen molar-refractivity contribution in [3.63, 3.8) is 0 Å². The van der Waals surface area contributed by atoms with Gasteiger partial charge in [-0.2, -0.15) is 0 Å². The lowest BCUT2D eigenvalue weighted by Gasteiger charge is -2.01. The van der Waals surface area contributed by atoms with Gasteiger partial charge >= 0.3 is 5.97 Å². The highest BCUT2D eigenvalue weighted by Gasteiger charge is 2.07. The zero-order chi connectivity index (χ0) is 12.8. The van der Waals surface area contributed by atoms with Gasteiger partial charge in [0.2, 0.25) is 0 Å². The molecule has 0 amide bonds. The van der Waals surface area contributed by atoms with E-state index < -0.39 is 0 Å². The number of fused-ring (bicyclic) bond motifs is 1. The quantitative estimate of drug-likeness (QED) is 0.609. The molecule has 0 saturated heterocycles. The Morgan fingerprint density at radius 2 is 2.33 bits per heavy atom. The largest absolute Gasteiger partial charge is 0.458 e. The predicted molar refractivity (Wildman–Crippen MR) is 67.2 cm³/mol. The fraction of sp³-hybridized carbons (Fsp3) is 0.154. The third-order valence-electron chi connectivity index (χ3n) is 2.28. The zero-order valence-corrected chi connectivity index (χ0v) is 9.98. The Bertz CT molecular complexity index is 599. The second kappa shape index (κ2) is 5.77. The minimum Gasteiger partial charge on any atom is -0.458 e. The van der Waals surface area contributed by atoms with Gasteiger partial charge < -0.3 is 4.74 Å². The van der Waals surface area contributed by atoms with Gasteiger partial charge in [0.15, 0.2) is 5.65 Å². The maximum Gasteiger partial charge on any atom is 0.339 e. The zero-order valence-electron chi connectivity index (χ0n) is 9.98. The Kier molecular flexibility index (Phi) is 3.86. The highest BCUT2D eigenvalue weighted by atomic mass is 16.5. The Hall–Kier alpha value is -2.43. The summed E-state index contributed by atoms with van der Waals surface area (Å²) in [6, 6.07) is 3.39. The molecule has 0 radical (unpaired) electrons. The molecule has 2 heterocycles. The van der Waals surface area contributed by atoms with Crippen LogP contribution in [-0.4, -0.2) is 27.2 Å². The molecule has 5 nitrogen and oxygen atoms in total. The summed E-state index contributed by atoms with van der Waals surface area (Å²) < 4.78 is 6.76. The smallest absolute Gasteiger partial charge is 0.339 e. The van der Waals surface area contributed by atoms with E-state index in [1.165, 1.54) is 6.33 Å². The second-order valence-corrected chi connectivity index (χ2v) is 3.57. The van der Waals surface area contributed by atoms with Crippen molar-refractivity contribution in [3.05, 3.63) is 54.5 Å². The molecule has 0 unspecified atom stereocenters. The maximum atomic E-state index is 11.7. The molecule has 0 spiro atoms. The second-order valence-electron chi connectivity index (χ2n) is 3.57. The van der Waals surface area contributed by atoms with Crippen LogP contribution in [0.15, 0.2) is 49.0 Å². The summed E-state index contributed by atoms with van der Waals surface area (Å²) in [5.74, 6) is -0.365. The molecule has 5 heteroatoms. The number of carbonyl (C=O) groups excluding carboxylic acids is 1. The van der Waals surface area contributed by atoms with Crippen molar-refractivity contribution >= 4 is 11.6 Å². The molecule has 0 aliphatic rings. The number of nitrogens with zero attached hydrogens (tertiary/aromatic N) is 3. The minimum atomic E-state index is -0.365. The minimum absolute atomic E-state index is 0.253. The predicted octanol–water partition coefficient (Wildman–Crippen LogP) is 2.02. The Balaban J connectivity index is 1.99. The highest BCUT2D eigenvalue weighted by Crippen LogP contribution is 2.05. The van der Waals surface area contributed by atoms with Crippen molar-refractivity contribution in [2.75, 3.05) is 6.61 Å². The van der Waals surface area contributed by atoms with Crippen LogP contribution in [0, 0.1) is 0 Å². The summed E-state index contributed by atoms with van der Waals surface area (Å²) in [4.78, 5) is 11.7. The number of carbonyl (C=O) groups is 1. The van der Waals surface area contributed by atoms with E-state index in [-0.39, 0.29) is 12.6 Å². The average Bonchev–Trinajstić information content (AvgIpc) is 2.85. The molecule has 2 aromatic rings. The number of allylic oxidation sites excluding steroid dienone is 3. The van der Waals surface area contributed by atoms with Gasteiger partial charge in [-0.1, -0.05) is 18.2 Å². The first kappa shape index (κ1) is 12.0. The third kappa shape index (κ3) is 2.82. The Morgan fingerprint density at radius 3 is 3.17 bits per heavy atom. The summed E-state index contributed by atoms with van der Waals surface area (Å²) in [5, 5.41) is 7.60. The summed E-state index contributed by atoms with van der Waals surface area (Å²) in [5.41, 5.74) is 1.17. The van der Waals surface area contributed by atoms with Crippen LogP contribution in [0.3, 0.4) is 0 Å². The lowest BCUT2D eigenvalue weighted by atomic mass is 10.3. The van der Waals surface area contributed by atoms with E-state index >= 15 is 0 Å². The van der Waals surface area contributed by atoms with Crippen molar-refractivity contribution in [1.82, 2.24) is 14.6 Å². The molecule has 0 saturated carbocycles. The Labute approximate surface area is 104 Å². The van der Waals surface area contributed by atoms with Gasteiger partial charge in [-0.3, -0.25) is 4.40 Å². The average molecular weight is 243 g/mol. The normalized spacial score (nSPS) is 11.6. The molecule has 0 fully saturated rings. The van der Waals surface area contributed by atoms with Crippen molar-refractivity contribution in [2.45, 2.75) is 6.92 Å². The first-order valence-electron chi connectivity index (χ1n) is 5.55. The lowest BCUT2D eigenvalue weighted by molar-refractivity contribution is 0.0549. The van der Waals surface area contributed by atoms with Crippen molar-refractivity contribution in [2.24, 2.45) is 0 Å².